The van der Waals surface area contributed by atoms with Gasteiger partial charge in [0.25, 0.3) is 0 Å². The van der Waals surface area contributed by atoms with Crippen LogP contribution in [0.3, 0.4) is 0 Å². The van der Waals surface area contributed by atoms with Crippen LogP contribution in [0.25, 0.3) is 0 Å². The largest absolute Gasteiger partial charge is 0.379 e. The Morgan fingerprint density at radius 3 is 2.29 bits per heavy atom. The summed E-state index contributed by atoms with van der Waals surface area (Å²) >= 11 is 0. The molecule has 2 nitrogen and oxygen atoms in total. The van der Waals surface area contributed by atoms with Crippen LogP contribution in [0.5, 0.6) is 0 Å². The first-order chi connectivity index (χ1) is 7.71. The molecule has 0 heterocycles. The Morgan fingerprint density at radius 1 is 1.24 bits per heavy atom. The van der Waals surface area contributed by atoms with Gasteiger partial charge in [0, 0.05) is 7.11 Å². The summed E-state index contributed by atoms with van der Waals surface area (Å²) in [5.41, 5.74) is 0.836. The van der Waals surface area contributed by atoms with Gasteiger partial charge in [-0.3, -0.25) is 0 Å². The molecule has 1 rings (SSSR count). The molecule has 0 aromatic carbocycles. The van der Waals surface area contributed by atoms with Crippen molar-refractivity contribution in [2.75, 3.05) is 20.2 Å². The molecule has 2 heteroatoms. The fraction of sp³-hybridized carbons (Fsp3) is 1.00. The molecule has 1 aliphatic carbocycles. The Labute approximate surface area is 108 Å². The molecule has 1 fully saturated rings. The summed E-state index contributed by atoms with van der Waals surface area (Å²) in [5, 5.41) is 3.57. The fourth-order valence-corrected chi connectivity index (χ4v) is 3.41. The zero-order valence-corrected chi connectivity index (χ0v) is 12.8. The first-order valence-electron chi connectivity index (χ1n) is 6.97. The zero-order chi connectivity index (χ0) is 13.3. The minimum atomic E-state index is -0.00841. The van der Waals surface area contributed by atoms with E-state index in [-0.39, 0.29) is 5.60 Å². The van der Waals surface area contributed by atoms with E-state index in [1.807, 2.05) is 7.11 Å². The Hall–Kier alpha value is -0.0800. The number of hydrogen-bond acceptors (Lipinski definition) is 2. The molecule has 0 saturated heterocycles. The van der Waals surface area contributed by atoms with Gasteiger partial charge in [-0.15, -0.1) is 0 Å². The number of nitrogens with one attached hydrogen (secondary N) is 1. The van der Waals surface area contributed by atoms with Crippen LogP contribution in [-0.2, 0) is 4.74 Å². The van der Waals surface area contributed by atoms with E-state index >= 15 is 0 Å². The molecule has 0 spiro atoms. The molecule has 0 aromatic rings. The van der Waals surface area contributed by atoms with Crippen LogP contribution in [0, 0.1) is 16.7 Å². The van der Waals surface area contributed by atoms with E-state index in [0.717, 1.165) is 25.4 Å². The maximum absolute atomic E-state index is 5.60. The quantitative estimate of drug-likeness (QED) is 0.689. The third-order valence-electron chi connectivity index (χ3n) is 5.15. The first kappa shape index (κ1) is 15.0. The maximum atomic E-state index is 5.60. The number of rotatable bonds is 7. The van der Waals surface area contributed by atoms with Gasteiger partial charge in [-0.25, -0.2) is 0 Å². The van der Waals surface area contributed by atoms with Crippen LogP contribution in [0.15, 0.2) is 0 Å². The van der Waals surface area contributed by atoms with Crippen LogP contribution in [0.4, 0.5) is 0 Å². The molecule has 1 aliphatic rings. The smallest absolute Gasteiger partial charge is 0.0628 e. The molecule has 17 heavy (non-hydrogen) atoms. The van der Waals surface area contributed by atoms with E-state index in [1.165, 1.54) is 6.42 Å². The van der Waals surface area contributed by atoms with E-state index in [1.54, 1.807) is 0 Å². The highest BCUT2D eigenvalue weighted by Crippen LogP contribution is 2.71. The second-order valence-electron chi connectivity index (χ2n) is 7.04. The lowest BCUT2D eigenvalue weighted by Gasteiger charge is -2.29. The average Bonchev–Trinajstić information content (AvgIpc) is 2.62. The van der Waals surface area contributed by atoms with Crippen LogP contribution >= 0.6 is 0 Å². The first-order valence-corrected chi connectivity index (χ1v) is 6.97. The monoisotopic (exact) mass is 241 g/mol. The standard InChI is InChI=1S/C15H31NO/c1-8-9-16-10-12-14(4,5)15(12,6)11-13(2,3)17-7/h12,16H,8-11H2,1-7H3. The van der Waals surface area contributed by atoms with Crippen molar-refractivity contribution >= 4 is 0 Å². The summed E-state index contributed by atoms with van der Waals surface area (Å²) in [5.74, 6) is 0.774. The molecule has 1 saturated carbocycles. The van der Waals surface area contributed by atoms with Gasteiger partial charge in [-0.05, 0) is 56.5 Å². The maximum Gasteiger partial charge on any atom is 0.0628 e. The third kappa shape index (κ3) is 2.85. The van der Waals surface area contributed by atoms with E-state index in [4.69, 9.17) is 4.74 Å². The van der Waals surface area contributed by atoms with Crippen molar-refractivity contribution in [3.8, 4) is 0 Å². The van der Waals surface area contributed by atoms with Crippen molar-refractivity contribution in [3.05, 3.63) is 0 Å². The predicted octanol–water partition coefficient (Wildman–Crippen LogP) is 3.46. The molecule has 0 bridgehead atoms. The van der Waals surface area contributed by atoms with Crippen molar-refractivity contribution in [1.29, 1.82) is 0 Å². The van der Waals surface area contributed by atoms with Crippen molar-refractivity contribution < 1.29 is 4.74 Å². The Balaban J connectivity index is 2.58. The molecule has 1 N–H and O–H groups in total. The van der Waals surface area contributed by atoms with Crippen LogP contribution in [-0.4, -0.2) is 25.8 Å². The summed E-state index contributed by atoms with van der Waals surface area (Å²) in [6.45, 7) is 16.1. The van der Waals surface area contributed by atoms with E-state index < -0.39 is 0 Å². The van der Waals surface area contributed by atoms with Crippen molar-refractivity contribution in [3.63, 3.8) is 0 Å². The Bertz CT molecular complexity index is 260. The summed E-state index contributed by atoms with van der Waals surface area (Å²) in [6.07, 6.45) is 2.36. The Kier molecular flexibility index (Phi) is 4.31. The second kappa shape index (κ2) is 4.89. The van der Waals surface area contributed by atoms with Gasteiger partial charge < -0.3 is 10.1 Å². The lowest BCUT2D eigenvalue weighted by atomic mass is 9.86. The summed E-state index contributed by atoms with van der Waals surface area (Å²) in [7, 11) is 1.82. The molecule has 2 unspecified atom stereocenters. The van der Waals surface area contributed by atoms with Gasteiger partial charge in [0.2, 0.25) is 0 Å². The van der Waals surface area contributed by atoms with Crippen LogP contribution < -0.4 is 5.32 Å². The van der Waals surface area contributed by atoms with Gasteiger partial charge in [-0.2, -0.15) is 0 Å². The third-order valence-corrected chi connectivity index (χ3v) is 5.15. The predicted molar refractivity (Wildman–Crippen MR) is 74.2 cm³/mol. The van der Waals surface area contributed by atoms with Gasteiger partial charge in [0.15, 0.2) is 0 Å². The summed E-state index contributed by atoms with van der Waals surface area (Å²) in [6, 6.07) is 0. The van der Waals surface area contributed by atoms with Crippen molar-refractivity contribution in [1.82, 2.24) is 5.32 Å². The minimum absolute atomic E-state index is 0.00841. The fourth-order valence-electron chi connectivity index (χ4n) is 3.41. The number of hydrogen-bond donors (Lipinski definition) is 1. The highest BCUT2D eigenvalue weighted by molar-refractivity contribution is 5.16. The van der Waals surface area contributed by atoms with Crippen molar-refractivity contribution in [2.24, 2.45) is 16.7 Å². The molecule has 0 aromatic heterocycles. The van der Waals surface area contributed by atoms with Gasteiger partial charge >= 0.3 is 0 Å². The molecule has 2 atom stereocenters. The second-order valence-corrected chi connectivity index (χ2v) is 7.04. The van der Waals surface area contributed by atoms with E-state index in [2.05, 4.69) is 46.9 Å². The minimum Gasteiger partial charge on any atom is -0.379 e. The highest BCUT2D eigenvalue weighted by Gasteiger charge is 2.67. The molecule has 102 valence electrons. The zero-order valence-electron chi connectivity index (χ0n) is 12.8. The lowest BCUT2D eigenvalue weighted by molar-refractivity contribution is -0.00569. The number of methoxy groups -OCH3 is 1. The normalized spacial score (nSPS) is 31.6. The molecule has 0 aliphatic heterocycles. The van der Waals surface area contributed by atoms with Crippen molar-refractivity contribution in [2.45, 2.75) is 60.0 Å². The summed E-state index contributed by atoms with van der Waals surface area (Å²) in [4.78, 5) is 0. The average molecular weight is 241 g/mol. The van der Waals surface area contributed by atoms with E-state index in [9.17, 15) is 0 Å². The highest BCUT2D eigenvalue weighted by atomic mass is 16.5. The SMILES string of the molecule is CCCNCC1C(C)(C)C1(C)CC(C)(C)OC. The molecular weight excluding hydrogens is 210 g/mol. The lowest BCUT2D eigenvalue weighted by Crippen LogP contribution is -2.29. The topological polar surface area (TPSA) is 21.3 Å². The van der Waals surface area contributed by atoms with Gasteiger partial charge in [0.05, 0.1) is 5.60 Å². The summed E-state index contributed by atoms with van der Waals surface area (Å²) < 4.78 is 5.60. The van der Waals surface area contributed by atoms with E-state index in [0.29, 0.717) is 10.8 Å². The number of ether oxygens (including phenoxy) is 1. The molecular formula is C15H31NO. The van der Waals surface area contributed by atoms with Crippen LogP contribution in [0.1, 0.15) is 54.4 Å². The van der Waals surface area contributed by atoms with Gasteiger partial charge in [-0.1, -0.05) is 27.7 Å². The van der Waals surface area contributed by atoms with Gasteiger partial charge in [0.1, 0.15) is 0 Å². The molecule has 0 radical (unpaired) electrons. The van der Waals surface area contributed by atoms with Crippen LogP contribution in [0.2, 0.25) is 0 Å². The Morgan fingerprint density at radius 2 is 1.82 bits per heavy atom. The molecule has 0 amide bonds.